The predicted octanol–water partition coefficient (Wildman–Crippen LogP) is 7.58. The van der Waals surface area contributed by atoms with E-state index in [0.717, 1.165) is 32.2 Å². The van der Waals surface area contributed by atoms with Crippen LogP contribution in [-0.2, 0) is 14.2 Å². The van der Waals surface area contributed by atoms with Crippen molar-refractivity contribution in [3.05, 3.63) is 12.8 Å². The molecule has 2 atom stereocenters. The molecule has 1 saturated carbocycles. The molecule has 29 heavy (non-hydrogen) atoms. The zero-order valence-electron chi connectivity index (χ0n) is 19.3. The van der Waals surface area contributed by atoms with Crippen LogP contribution in [0, 0.1) is 5.92 Å². The molecule has 3 nitrogen and oxygen atoms in total. The van der Waals surface area contributed by atoms with Crippen LogP contribution in [0.3, 0.4) is 0 Å². The molecule has 3 heteroatoms. The van der Waals surface area contributed by atoms with Crippen molar-refractivity contribution in [1.29, 1.82) is 0 Å². The minimum atomic E-state index is 0.129. The molecule has 2 unspecified atom stereocenters. The SMILES string of the molecule is C=COCCCCCCCCCC(CCCCC)(OCC1CO1)C1CCCCC1. The molecule has 0 bridgehead atoms. The van der Waals surface area contributed by atoms with Gasteiger partial charge in [0, 0.05) is 0 Å². The highest BCUT2D eigenvalue weighted by Gasteiger charge is 2.40. The molecule has 2 aliphatic rings. The second kappa shape index (κ2) is 15.3. The van der Waals surface area contributed by atoms with Gasteiger partial charge in [0.1, 0.15) is 6.10 Å². The topological polar surface area (TPSA) is 31.0 Å². The van der Waals surface area contributed by atoms with E-state index in [-0.39, 0.29) is 5.60 Å². The number of epoxide rings is 1. The number of rotatable bonds is 19. The summed E-state index contributed by atoms with van der Waals surface area (Å²) in [4.78, 5) is 0. The van der Waals surface area contributed by atoms with Crippen molar-refractivity contribution in [2.24, 2.45) is 5.92 Å². The summed E-state index contributed by atoms with van der Waals surface area (Å²) in [6.07, 6.45) is 24.6. The van der Waals surface area contributed by atoms with Crippen LogP contribution < -0.4 is 0 Å². The minimum Gasteiger partial charge on any atom is -0.502 e. The molecule has 0 N–H and O–H groups in total. The van der Waals surface area contributed by atoms with Crippen LogP contribution in [0.15, 0.2) is 12.8 Å². The summed E-state index contributed by atoms with van der Waals surface area (Å²) in [5.74, 6) is 0.775. The summed E-state index contributed by atoms with van der Waals surface area (Å²) in [6, 6.07) is 0. The first-order valence-electron chi connectivity index (χ1n) is 12.8. The number of hydrogen-bond donors (Lipinski definition) is 0. The lowest BCUT2D eigenvalue weighted by atomic mass is 9.71. The molecule has 0 radical (unpaired) electrons. The largest absolute Gasteiger partial charge is 0.502 e. The Hall–Kier alpha value is -0.540. The number of unbranched alkanes of at least 4 members (excludes halogenated alkanes) is 8. The number of hydrogen-bond acceptors (Lipinski definition) is 3. The van der Waals surface area contributed by atoms with Crippen LogP contribution in [0.1, 0.15) is 116 Å². The van der Waals surface area contributed by atoms with Crippen LogP contribution in [-0.4, -0.2) is 31.5 Å². The van der Waals surface area contributed by atoms with Gasteiger partial charge in [-0.2, -0.15) is 0 Å². The van der Waals surface area contributed by atoms with Gasteiger partial charge < -0.3 is 14.2 Å². The van der Waals surface area contributed by atoms with Gasteiger partial charge in [0.25, 0.3) is 0 Å². The third kappa shape index (κ3) is 10.4. The van der Waals surface area contributed by atoms with Gasteiger partial charge in [-0.15, -0.1) is 0 Å². The van der Waals surface area contributed by atoms with Gasteiger partial charge in [0.2, 0.25) is 0 Å². The van der Waals surface area contributed by atoms with Crippen LogP contribution in [0.5, 0.6) is 0 Å². The van der Waals surface area contributed by atoms with Gasteiger partial charge in [0.15, 0.2) is 0 Å². The minimum absolute atomic E-state index is 0.129. The first-order valence-corrected chi connectivity index (χ1v) is 12.8. The van der Waals surface area contributed by atoms with Gasteiger partial charge in [-0.05, 0) is 38.0 Å². The lowest BCUT2D eigenvalue weighted by Gasteiger charge is -2.43. The molecule has 0 aromatic carbocycles. The Labute approximate surface area is 181 Å². The molecule has 0 aromatic heterocycles. The molecule has 0 spiro atoms. The van der Waals surface area contributed by atoms with Crippen molar-refractivity contribution < 1.29 is 14.2 Å². The van der Waals surface area contributed by atoms with Crippen molar-refractivity contribution in [2.75, 3.05) is 19.8 Å². The van der Waals surface area contributed by atoms with E-state index < -0.39 is 0 Å². The molecule has 2 rings (SSSR count). The quantitative estimate of drug-likeness (QED) is 0.125. The highest BCUT2D eigenvalue weighted by molar-refractivity contribution is 4.91. The van der Waals surface area contributed by atoms with E-state index in [1.807, 2.05) is 0 Å². The van der Waals surface area contributed by atoms with Gasteiger partial charge in [-0.25, -0.2) is 0 Å². The van der Waals surface area contributed by atoms with Crippen molar-refractivity contribution in [1.82, 2.24) is 0 Å². The van der Waals surface area contributed by atoms with Crippen molar-refractivity contribution >= 4 is 0 Å². The maximum atomic E-state index is 6.78. The lowest BCUT2D eigenvalue weighted by molar-refractivity contribution is -0.114. The molecule has 1 aliphatic heterocycles. The fourth-order valence-corrected chi connectivity index (χ4v) is 5.10. The molecule has 0 aromatic rings. The summed E-state index contributed by atoms with van der Waals surface area (Å²) in [7, 11) is 0. The molecule has 1 aliphatic carbocycles. The van der Waals surface area contributed by atoms with E-state index in [9.17, 15) is 0 Å². The zero-order chi connectivity index (χ0) is 20.6. The third-order valence-corrected chi connectivity index (χ3v) is 6.99. The van der Waals surface area contributed by atoms with Crippen LogP contribution in [0.4, 0.5) is 0 Å². The number of ether oxygens (including phenoxy) is 3. The van der Waals surface area contributed by atoms with Crippen LogP contribution in [0.2, 0.25) is 0 Å². The zero-order valence-corrected chi connectivity index (χ0v) is 19.3. The highest BCUT2D eigenvalue weighted by atomic mass is 16.6. The molecule has 0 amide bonds. The Morgan fingerprint density at radius 2 is 1.52 bits per heavy atom. The van der Waals surface area contributed by atoms with Crippen molar-refractivity contribution in [2.45, 2.75) is 128 Å². The van der Waals surface area contributed by atoms with E-state index in [1.54, 1.807) is 6.26 Å². The average molecular weight is 409 g/mol. The Kier molecular flexibility index (Phi) is 13.0. The van der Waals surface area contributed by atoms with Gasteiger partial charge in [-0.1, -0.05) is 90.6 Å². The molecule has 2 fully saturated rings. The summed E-state index contributed by atoms with van der Waals surface area (Å²) in [6.45, 7) is 8.47. The molecule has 1 heterocycles. The van der Waals surface area contributed by atoms with E-state index in [4.69, 9.17) is 14.2 Å². The normalized spacial score (nSPS) is 21.6. The fourth-order valence-electron chi connectivity index (χ4n) is 5.10. The standard InChI is InChI=1S/C26H48O3/c1-3-5-14-19-26(29-23-25-22-28-25,24-17-12-11-13-18-24)20-15-9-7-6-8-10-16-21-27-4-2/h4,24-25H,2-3,5-23H2,1H3. The smallest absolute Gasteiger partial charge is 0.104 e. The molecule has 1 saturated heterocycles. The van der Waals surface area contributed by atoms with E-state index in [2.05, 4.69) is 13.5 Å². The summed E-state index contributed by atoms with van der Waals surface area (Å²) in [5, 5.41) is 0. The second-order valence-corrected chi connectivity index (χ2v) is 9.39. The molecular weight excluding hydrogens is 360 g/mol. The van der Waals surface area contributed by atoms with Crippen molar-refractivity contribution in [3.8, 4) is 0 Å². The first-order chi connectivity index (χ1) is 14.3. The highest BCUT2D eigenvalue weighted by Crippen LogP contribution is 2.42. The first kappa shape index (κ1) is 24.7. The third-order valence-electron chi connectivity index (χ3n) is 6.99. The van der Waals surface area contributed by atoms with Crippen LogP contribution in [0.25, 0.3) is 0 Å². The molecule has 170 valence electrons. The summed E-state index contributed by atoms with van der Waals surface area (Å²) >= 11 is 0. The maximum absolute atomic E-state index is 6.78. The Balaban J connectivity index is 1.75. The maximum Gasteiger partial charge on any atom is 0.104 e. The Morgan fingerprint density at radius 3 is 2.14 bits per heavy atom. The Bertz CT molecular complexity index is 401. The monoisotopic (exact) mass is 408 g/mol. The van der Waals surface area contributed by atoms with Gasteiger partial charge >= 0.3 is 0 Å². The predicted molar refractivity (Wildman–Crippen MR) is 122 cm³/mol. The average Bonchev–Trinajstić information content (AvgIpc) is 3.58. The van der Waals surface area contributed by atoms with Gasteiger partial charge in [0.05, 0.1) is 31.7 Å². The van der Waals surface area contributed by atoms with E-state index in [1.165, 1.54) is 103 Å². The fraction of sp³-hybridized carbons (Fsp3) is 0.923. The molecular formula is C26H48O3. The van der Waals surface area contributed by atoms with Crippen LogP contribution >= 0.6 is 0 Å². The van der Waals surface area contributed by atoms with E-state index >= 15 is 0 Å². The lowest BCUT2D eigenvalue weighted by Crippen LogP contribution is -2.43. The second-order valence-electron chi connectivity index (χ2n) is 9.39. The van der Waals surface area contributed by atoms with Gasteiger partial charge in [-0.3, -0.25) is 0 Å². The van der Waals surface area contributed by atoms with E-state index in [0.29, 0.717) is 6.10 Å². The summed E-state index contributed by atoms with van der Waals surface area (Å²) < 4.78 is 17.5. The summed E-state index contributed by atoms with van der Waals surface area (Å²) in [5.41, 5.74) is 0.129. The van der Waals surface area contributed by atoms with Crippen molar-refractivity contribution in [3.63, 3.8) is 0 Å². The Morgan fingerprint density at radius 1 is 0.897 bits per heavy atom.